The number of hydrogen-bond acceptors (Lipinski definition) is 4. The second-order valence-electron chi connectivity index (χ2n) is 7.22. The maximum Gasteiger partial charge on any atom is 0.191 e. The van der Waals surface area contributed by atoms with E-state index < -0.39 is 15.7 Å². The molecule has 0 bridgehead atoms. The number of sulfone groups is 1. The maximum atomic E-state index is 13.7. The largest absolute Gasteiger partial charge is 0.352 e. The normalized spacial score (nSPS) is 11.7. The Morgan fingerprint density at radius 1 is 1.09 bits per heavy atom. The molecule has 0 aliphatic rings. The molecule has 172 valence electrons. The first-order valence-corrected chi connectivity index (χ1v) is 11.8. The third kappa shape index (κ3) is 7.90. The number of guanidine groups is 1. The summed E-state index contributed by atoms with van der Waals surface area (Å²) in [5, 5.41) is 6.31. The molecule has 10 heteroatoms. The molecule has 0 aliphatic carbocycles. The number of aliphatic imine (C=N–C) groups is 1. The summed E-state index contributed by atoms with van der Waals surface area (Å²) < 4.78 is 39.1. The Balaban J connectivity index is 0.00000363. The van der Waals surface area contributed by atoms with E-state index in [-0.39, 0.29) is 36.3 Å². The summed E-state index contributed by atoms with van der Waals surface area (Å²) in [7, 11) is -1.60. The second-order valence-corrected chi connectivity index (χ2v) is 9.36. The molecule has 0 amide bonds. The first-order valence-electron chi connectivity index (χ1n) is 9.77. The Labute approximate surface area is 205 Å². The molecule has 1 aromatic heterocycles. The lowest BCUT2D eigenvalue weighted by Crippen LogP contribution is -2.37. The predicted molar refractivity (Wildman–Crippen MR) is 135 cm³/mol. The summed E-state index contributed by atoms with van der Waals surface area (Å²) in [6.07, 6.45) is 4.83. The molecule has 0 fully saturated rings. The van der Waals surface area contributed by atoms with Crippen molar-refractivity contribution in [1.82, 2.24) is 20.2 Å². The van der Waals surface area contributed by atoms with Gasteiger partial charge < -0.3 is 15.2 Å². The van der Waals surface area contributed by atoms with Crippen LogP contribution in [-0.4, -0.2) is 37.2 Å². The molecule has 0 atom stereocenters. The number of aromatic nitrogens is 2. The maximum absolute atomic E-state index is 13.7. The van der Waals surface area contributed by atoms with Crippen LogP contribution in [0.2, 0.25) is 0 Å². The third-order valence-electron chi connectivity index (χ3n) is 4.67. The van der Waals surface area contributed by atoms with Crippen molar-refractivity contribution in [3.63, 3.8) is 0 Å². The fourth-order valence-electron chi connectivity index (χ4n) is 3.18. The van der Waals surface area contributed by atoms with Gasteiger partial charge in [-0.25, -0.2) is 17.8 Å². The average Bonchev–Trinajstić information content (AvgIpc) is 3.16. The Morgan fingerprint density at radius 2 is 1.81 bits per heavy atom. The zero-order valence-corrected chi connectivity index (χ0v) is 21.1. The highest BCUT2D eigenvalue weighted by atomic mass is 127. The highest BCUT2D eigenvalue weighted by molar-refractivity contribution is 14.0. The van der Waals surface area contributed by atoms with Crippen LogP contribution >= 0.6 is 24.0 Å². The minimum atomic E-state index is -3.23. The summed E-state index contributed by atoms with van der Waals surface area (Å²) in [4.78, 5) is 8.59. The van der Waals surface area contributed by atoms with Gasteiger partial charge in [0.1, 0.15) is 11.6 Å². The van der Waals surface area contributed by atoms with Crippen molar-refractivity contribution >= 4 is 39.8 Å². The van der Waals surface area contributed by atoms with E-state index in [4.69, 9.17) is 0 Å². The summed E-state index contributed by atoms with van der Waals surface area (Å²) in [6.45, 7) is 1.39. The van der Waals surface area contributed by atoms with Gasteiger partial charge in [0.25, 0.3) is 0 Å². The fraction of sp³-hybridized carbons (Fsp3) is 0.273. The molecule has 0 saturated carbocycles. The summed E-state index contributed by atoms with van der Waals surface area (Å²) in [5.74, 6) is 0.784. The summed E-state index contributed by atoms with van der Waals surface area (Å²) in [6, 6.07) is 14.2. The van der Waals surface area contributed by atoms with E-state index >= 15 is 0 Å². The van der Waals surface area contributed by atoms with Gasteiger partial charge in [0.2, 0.25) is 0 Å². The zero-order chi connectivity index (χ0) is 22.3. The van der Waals surface area contributed by atoms with Crippen LogP contribution in [0.4, 0.5) is 4.39 Å². The zero-order valence-electron chi connectivity index (χ0n) is 18.0. The van der Waals surface area contributed by atoms with Gasteiger partial charge >= 0.3 is 0 Å². The number of halogens is 2. The van der Waals surface area contributed by atoms with E-state index in [1.807, 2.05) is 29.0 Å². The molecule has 0 unspecified atom stereocenters. The van der Waals surface area contributed by atoms with E-state index in [1.165, 1.54) is 23.8 Å². The second kappa shape index (κ2) is 12.0. The van der Waals surface area contributed by atoms with E-state index in [2.05, 4.69) is 32.7 Å². The van der Waals surface area contributed by atoms with E-state index in [0.717, 1.165) is 12.1 Å². The minimum Gasteiger partial charge on any atom is -0.352 e. The molecule has 0 saturated heterocycles. The lowest BCUT2D eigenvalue weighted by Gasteiger charge is -2.15. The molecule has 3 aromatic rings. The van der Waals surface area contributed by atoms with Crippen molar-refractivity contribution in [3.8, 4) is 0 Å². The van der Waals surface area contributed by atoms with Crippen LogP contribution < -0.4 is 10.6 Å². The smallest absolute Gasteiger partial charge is 0.191 e. The van der Waals surface area contributed by atoms with Gasteiger partial charge in [-0.2, -0.15) is 0 Å². The van der Waals surface area contributed by atoms with Crippen LogP contribution in [0.25, 0.3) is 0 Å². The molecular weight excluding hydrogens is 544 g/mol. The first kappa shape index (κ1) is 25.8. The van der Waals surface area contributed by atoms with E-state index in [1.54, 1.807) is 13.2 Å². The van der Waals surface area contributed by atoms with Crippen LogP contribution in [0, 0.1) is 5.82 Å². The standard InChI is InChI=1S/C22H26FN5O2S.HI/c1-24-22(26-13-19-12-20(23)9-8-18(19)16-31(2,29)30)27-14-21-25-10-11-28(21)15-17-6-4-3-5-7-17;/h3-12H,13-16H2,1-2H3,(H2,24,26,27);1H. The molecule has 3 rings (SSSR count). The van der Waals surface area contributed by atoms with Gasteiger partial charge in [0.05, 0.1) is 12.3 Å². The van der Waals surface area contributed by atoms with Crippen molar-refractivity contribution in [1.29, 1.82) is 0 Å². The number of rotatable bonds is 8. The highest BCUT2D eigenvalue weighted by Gasteiger charge is 2.12. The third-order valence-corrected chi connectivity index (χ3v) is 5.50. The van der Waals surface area contributed by atoms with Gasteiger partial charge in [0, 0.05) is 38.8 Å². The number of nitrogens with one attached hydrogen (secondary N) is 2. The van der Waals surface area contributed by atoms with Crippen LogP contribution in [0.5, 0.6) is 0 Å². The molecule has 32 heavy (non-hydrogen) atoms. The van der Waals surface area contributed by atoms with Gasteiger partial charge in [-0.3, -0.25) is 4.99 Å². The SMILES string of the molecule is CN=C(NCc1cc(F)ccc1CS(C)(=O)=O)NCc1nccn1Cc1ccccc1.I. The van der Waals surface area contributed by atoms with Crippen LogP contribution in [0.1, 0.15) is 22.5 Å². The van der Waals surface area contributed by atoms with Crippen LogP contribution in [0.3, 0.4) is 0 Å². The van der Waals surface area contributed by atoms with Crippen LogP contribution in [0.15, 0.2) is 65.9 Å². The van der Waals surface area contributed by atoms with Crippen molar-refractivity contribution in [2.45, 2.75) is 25.4 Å². The summed E-state index contributed by atoms with van der Waals surface area (Å²) >= 11 is 0. The quantitative estimate of drug-likeness (QED) is 0.247. The average molecular weight is 571 g/mol. The minimum absolute atomic E-state index is 0. The molecule has 0 spiro atoms. The lowest BCUT2D eigenvalue weighted by molar-refractivity contribution is 0.599. The Morgan fingerprint density at radius 3 is 2.50 bits per heavy atom. The van der Waals surface area contributed by atoms with Crippen molar-refractivity contribution < 1.29 is 12.8 Å². The topological polar surface area (TPSA) is 88.4 Å². The molecule has 2 N–H and O–H groups in total. The first-order chi connectivity index (χ1) is 14.8. The molecule has 2 aromatic carbocycles. The van der Waals surface area contributed by atoms with Crippen molar-refractivity contribution in [2.24, 2.45) is 4.99 Å². The number of imidazole rings is 1. The van der Waals surface area contributed by atoms with Crippen molar-refractivity contribution in [2.75, 3.05) is 13.3 Å². The Bertz CT molecular complexity index is 1150. The molecule has 0 aliphatic heterocycles. The Hall–Kier alpha value is -2.47. The van der Waals surface area contributed by atoms with Gasteiger partial charge in [-0.1, -0.05) is 36.4 Å². The van der Waals surface area contributed by atoms with Gasteiger partial charge in [0.15, 0.2) is 15.8 Å². The highest BCUT2D eigenvalue weighted by Crippen LogP contribution is 2.14. The molecular formula is C22H27FIN5O2S. The van der Waals surface area contributed by atoms with E-state index in [9.17, 15) is 12.8 Å². The monoisotopic (exact) mass is 571 g/mol. The fourth-order valence-corrected chi connectivity index (χ4v) is 4.02. The summed E-state index contributed by atoms with van der Waals surface area (Å²) in [5.41, 5.74) is 2.30. The molecule has 7 nitrogen and oxygen atoms in total. The van der Waals surface area contributed by atoms with Crippen molar-refractivity contribution in [3.05, 3.63) is 89.3 Å². The number of nitrogens with zero attached hydrogens (tertiary/aromatic N) is 3. The lowest BCUT2D eigenvalue weighted by atomic mass is 10.1. The molecule has 0 radical (unpaired) electrons. The number of benzene rings is 2. The van der Waals surface area contributed by atoms with Crippen LogP contribution in [-0.2, 0) is 35.2 Å². The van der Waals surface area contributed by atoms with Gasteiger partial charge in [-0.15, -0.1) is 24.0 Å². The number of hydrogen-bond donors (Lipinski definition) is 2. The predicted octanol–water partition coefficient (Wildman–Crippen LogP) is 3.10. The Kier molecular flexibility index (Phi) is 9.63. The molecule has 1 heterocycles. The van der Waals surface area contributed by atoms with Gasteiger partial charge in [-0.05, 0) is 28.8 Å². The van der Waals surface area contributed by atoms with E-state index in [0.29, 0.717) is 30.2 Å².